The molecular weight excluding hydrogens is 591 g/mol. The summed E-state index contributed by atoms with van der Waals surface area (Å²) < 4.78 is 6.74. The quantitative estimate of drug-likeness (QED) is 0.0596. The van der Waals surface area contributed by atoms with E-state index in [0.717, 1.165) is 16.7 Å². The number of anilines is 1. The fraction of sp³-hybridized carbons (Fsp3) is 0.143. The Kier molecular flexibility index (Phi) is 8.58. The van der Waals surface area contributed by atoms with Gasteiger partial charge in [-0.1, -0.05) is 125 Å². The van der Waals surface area contributed by atoms with Crippen molar-refractivity contribution in [1.82, 2.24) is 10.2 Å². The van der Waals surface area contributed by atoms with E-state index >= 15 is 0 Å². The molecule has 1 aliphatic rings. The summed E-state index contributed by atoms with van der Waals surface area (Å²) in [7, 11) is 0. The monoisotopic (exact) mass is 619 g/mol. The molecule has 0 bridgehead atoms. The van der Waals surface area contributed by atoms with Crippen molar-refractivity contribution in [2.45, 2.75) is 36.6 Å². The van der Waals surface area contributed by atoms with Crippen LogP contribution in [0.1, 0.15) is 39.4 Å². The summed E-state index contributed by atoms with van der Waals surface area (Å²) in [4.78, 5) is 28.6. The van der Waals surface area contributed by atoms with Crippen molar-refractivity contribution < 1.29 is 19.4 Å². The number of carbonyl (C=O) groups is 2. The second-order valence-electron chi connectivity index (χ2n) is 10.5. The molecular formula is C35H29N3O4S2. The van der Waals surface area contributed by atoms with Gasteiger partial charge >= 0.3 is 5.91 Å². The van der Waals surface area contributed by atoms with Gasteiger partial charge in [0.25, 0.3) is 5.78 Å². The van der Waals surface area contributed by atoms with Crippen molar-refractivity contribution in [2.75, 3.05) is 4.90 Å². The third kappa shape index (κ3) is 6.29. The number of carbonyl (C=O) groups excluding carboxylic acids is 2. The van der Waals surface area contributed by atoms with Crippen LogP contribution in [0.4, 0.5) is 5.13 Å². The van der Waals surface area contributed by atoms with Crippen LogP contribution >= 0.6 is 23.1 Å². The van der Waals surface area contributed by atoms with Crippen LogP contribution < -0.4 is 9.64 Å². The third-order valence-corrected chi connectivity index (χ3v) is 9.40. The average molecular weight is 620 g/mol. The summed E-state index contributed by atoms with van der Waals surface area (Å²) in [6.07, 6.45) is 0. The fourth-order valence-electron chi connectivity index (χ4n) is 4.92. The second kappa shape index (κ2) is 12.9. The van der Waals surface area contributed by atoms with Gasteiger partial charge < -0.3 is 9.84 Å². The largest absolute Gasteiger partial charge is 0.507 e. The lowest BCUT2D eigenvalue weighted by atomic mass is 9.95. The normalized spacial score (nSPS) is 16.0. The minimum absolute atomic E-state index is 0.0110. The first-order chi connectivity index (χ1) is 21.4. The molecule has 1 amide bonds. The molecule has 44 heavy (non-hydrogen) atoms. The summed E-state index contributed by atoms with van der Waals surface area (Å²) in [5, 5.41) is 20.4. The van der Waals surface area contributed by atoms with E-state index in [1.54, 1.807) is 18.2 Å². The van der Waals surface area contributed by atoms with Gasteiger partial charge in [-0.05, 0) is 42.7 Å². The number of hydrogen-bond acceptors (Lipinski definition) is 8. The smallest absolute Gasteiger partial charge is 0.301 e. The van der Waals surface area contributed by atoms with Gasteiger partial charge in [-0.25, -0.2) is 0 Å². The predicted octanol–water partition coefficient (Wildman–Crippen LogP) is 7.65. The van der Waals surface area contributed by atoms with Gasteiger partial charge in [-0.15, -0.1) is 10.2 Å². The Morgan fingerprint density at radius 2 is 1.57 bits per heavy atom. The van der Waals surface area contributed by atoms with Gasteiger partial charge in [0.15, 0.2) is 4.34 Å². The maximum Gasteiger partial charge on any atom is 0.301 e. The first kappa shape index (κ1) is 29.3. The molecule has 7 nitrogen and oxygen atoms in total. The highest BCUT2D eigenvalue weighted by molar-refractivity contribution is 8.00. The van der Waals surface area contributed by atoms with Crippen molar-refractivity contribution >= 4 is 45.7 Å². The summed E-state index contributed by atoms with van der Waals surface area (Å²) >= 11 is 2.75. The molecule has 0 aliphatic carbocycles. The van der Waals surface area contributed by atoms with E-state index < -0.39 is 17.7 Å². The van der Waals surface area contributed by atoms with Gasteiger partial charge in [-0.3, -0.25) is 14.5 Å². The maximum absolute atomic E-state index is 13.6. The number of aliphatic hydroxyl groups is 1. The highest BCUT2D eigenvalue weighted by Gasteiger charge is 2.48. The predicted molar refractivity (Wildman–Crippen MR) is 174 cm³/mol. The minimum Gasteiger partial charge on any atom is -0.507 e. The SMILES string of the molecule is Cc1ccc(CSc2nnc(N3C(=O)C(=O)/C(=C(/O)c4ccc(C)cc4)C3c3cccc(OCc4ccccc4)c3)s2)cc1. The van der Waals surface area contributed by atoms with Crippen LogP contribution in [0.25, 0.3) is 5.76 Å². The van der Waals surface area contributed by atoms with Crippen LogP contribution in [0.5, 0.6) is 5.75 Å². The van der Waals surface area contributed by atoms with Crippen LogP contribution in [0.2, 0.25) is 0 Å². The number of benzene rings is 4. The zero-order valence-corrected chi connectivity index (χ0v) is 25.8. The van der Waals surface area contributed by atoms with Crippen LogP contribution in [0, 0.1) is 13.8 Å². The number of aryl methyl sites for hydroxylation is 2. The number of ketones is 1. The topological polar surface area (TPSA) is 92.6 Å². The molecule has 2 heterocycles. The van der Waals surface area contributed by atoms with Crippen molar-refractivity contribution in [1.29, 1.82) is 0 Å². The molecule has 9 heteroatoms. The number of thioether (sulfide) groups is 1. The molecule has 0 radical (unpaired) electrons. The number of Topliss-reactive ketones (excluding diaryl/α,β-unsaturated/α-hetero) is 1. The highest BCUT2D eigenvalue weighted by Crippen LogP contribution is 2.44. The minimum atomic E-state index is -0.931. The molecule has 1 fully saturated rings. The number of aromatic nitrogens is 2. The van der Waals surface area contributed by atoms with Gasteiger partial charge in [0.1, 0.15) is 18.1 Å². The van der Waals surface area contributed by atoms with Crippen molar-refractivity contribution in [3.63, 3.8) is 0 Å². The van der Waals surface area contributed by atoms with Crippen LogP contribution in [-0.2, 0) is 21.9 Å². The Morgan fingerprint density at radius 3 is 2.30 bits per heavy atom. The first-order valence-corrected chi connectivity index (χ1v) is 15.8. The Morgan fingerprint density at radius 1 is 0.864 bits per heavy atom. The van der Waals surface area contributed by atoms with Gasteiger partial charge in [-0.2, -0.15) is 0 Å². The first-order valence-electron chi connectivity index (χ1n) is 14.0. The molecule has 1 saturated heterocycles. The van der Waals surface area contributed by atoms with Crippen molar-refractivity contribution in [3.8, 4) is 5.75 Å². The zero-order chi connectivity index (χ0) is 30.6. The summed E-state index contributed by atoms with van der Waals surface area (Å²) in [6, 6.07) is 31.5. The molecule has 6 rings (SSSR count). The number of ether oxygens (including phenoxy) is 1. The highest BCUT2D eigenvalue weighted by atomic mass is 32.2. The summed E-state index contributed by atoms with van der Waals surface area (Å²) in [5.41, 5.74) is 5.38. The number of hydrogen-bond donors (Lipinski definition) is 1. The molecule has 1 aromatic heterocycles. The number of nitrogens with zero attached hydrogens (tertiary/aromatic N) is 3. The van der Waals surface area contributed by atoms with Gasteiger partial charge in [0, 0.05) is 11.3 Å². The van der Waals surface area contributed by atoms with E-state index in [1.165, 1.54) is 33.6 Å². The lowest BCUT2D eigenvalue weighted by molar-refractivity contribution is -0.132. The van der Waals surface area contributed by atoms with E-state index in [9.17, 15) is 14.7 Å². The van der Waals surface area contributed by atoms with E-state index in [0.29, 0.717) is 33.6 Å². The van der Waals surface area contributed by atoms with Gasteiger partial charge in [0.05, 0.1) is 11.6 Å². The molecule has 1 N–H and O–H groups in total. The molecule has 0 spiro atoms. The number of rotatable bonds is 9. The summed E-state index contributed by atoms with van der Waals surface area (Å²) in [6.45, 7) is 4.34. The van der Waals surface area contributed by atoms with E-state index in [1.807, 2.05) is 74.5 Å². The second-order valence-corrected chi connectivity index (χ2v) is 12.7. The van der Waals surface area contributed by atoms with Crippen LogP contribution in [0.3, 0.4) is 0 Å². The van der Waals surface area contributed by atoms with Crippen molar-refractivity contribution in [3.05, 3.63) is 142 Å². The van der Waals surface area contributed by atoms with Crippen LogP contribution in [0.15, 0.2) is 113 Å². The Hall–Kier alpha value is -4.73. The third-order valence-electron chi connectivity index (χ3n) is 7.28. The molecule has 1 unspecified atom stereocenters. The van der Waals surface area contributed by atoms with Crippen LogP contribution in [-0.4, -0.2) is 27.0 Å². The Bertz CT molecular complexity index is 1830. The molecule has 1 aliphatic heterocycles. The summed E-state index contributed by atoms with van der Waals surface area (Å²) in [5.74, 6) is -0.548. The molecule has 0 saturated carbocycles. The average Bonchev–Trinajstić information content (AvgIpc) is 3.62. The van der Waals surface area contributed by atoms with Gasteiger partial charge in [0.2, 0.25) is 5.13 Å². The van der Waals surface area contributed by atoms with E-state index in [2.05, 4.69) is 34.5 Å². The van der Waals surface area contributed by atoms with Crippen molar-refractivity contribution in [2.24, 2.45) is 0 Å². The molecule has 5 aromatic rings. The molecule has 4 aromatic carbocycles. The fourth-order valence-corrected chi connectivity index (χ4v) is 6.74. The lowest BCUT2D eigenvalue weighted by Crippen LogP contribution is -2.29. The maximum atomic E-state index is 13.6. The van der Waals surface area contributed by atoms with E-state index in [-0.39, 0.29) is 16.5 Å². The Labute approximate surface area is 263 Å². The zero-order valence-electron chi connectivity index (χ0n) is 24.1. The Balaban J connectivity index is 1.36. The molecule has 1 atom stereocenters. The number of aliphatic hydroxyl groups excluding tert-OH is 1. The van der Waals surface area contributed by atoms with E-state index in [4.69, 9.17) is 4.74 Å². The molecule has 220 valence electrons. The standard InChI is InChI=1S/C35H29N3O4S2/c1-22-11-15-25(16-12-22)21-43-35-37-36-34(44-35)38-30(27-9-6-10-28(19-27)42-20-24-7-4-3-5-8-24)29(32(40)33(38)41)31(39)26-17-13-23(2)14-18-26/h3-19,30,39H,20-21H2,1-2H3/b31-29+. The number of amides is 1. The lowest BCUT2D eigenvalue weighted by Gasteiger charge is -2.23.